The summed E-state index contributed by atoms with van der Waals surface area (Å²) in [5.74, 6) is 2.39. The molecule has 0 saturated heterocycles. The van der Waals surface area contributed by atoms with E-state index < -0.39 is 0 Å². The third kappa shape index (κ3) is 4.98. The molecule has 1 N–H and O–H groups in total. The molecule has 0 saturated carbocycles. The molecule has 0 aliphatic heterocycles. The lowest BCUT2D eigenvalue weighted by Crippen LogP contribution is -2.03. The number of hydrogen-bond donors (Lipinski definition) is 1. The summed E-state index contributed by atoms with van der Waals surface area (Å²) in [6.07, 6.45) is 2.42. The van der Waals surface area contributed by atoms with Crippen LogP contribution in [0.1, 0.15) is 26.7 Å². The summed E-state index contributed by atoms with van der Waals surface area (Å²) >= 11 is 0. The van der Waals surface area contributed by atoms with Gasteiger partial charge in [-0.2, -0.15) is 0 Å². The van der Waals surface area contributed by atoms with Gasteiger partial charge in [0.1, 0.15) is 11.5 Å². The minimum atomic E-state index is 0.761. The van der Waals surface area contributed by atoms with Crippen LogP contribution in [0.15, 0.2) is 18.2 Å². The topological polar surface area (TPSA) is 30.5 Å². The molecule has 96 valence electrons. The third-order valence-electron chi connectivity index (χ3n) is 2.64. The number of ether oxygens (including phenoxy) is 2. The van der Waals surface area contributed by atoms with Crippen LogP contribution in [-0.2, 0) is 0 Å². The van der Waals surface area contributed by atoms with Crippen LogP contribution in [0.25, 0.3) is 0 Å². The summed E-state index contributed by atoms with van der Waals surface area (Å²) in [4.78, 5) is 0. The molecular weight excluding hydrogens is 214 g/mol. The number of benzene rings is 1. The molecule has 0 aromatic heterocycles. The van der Waals surface area contributed by atoms with Gasteiger partial charge in [-0.05, 0) is 18.8 Å². The second-order valence-electron chi connectivity index (χ2n) is 4.56. The lowest BCUT2D eigenvalue weighted by Gasteiger charge is -2.11. The van der Waals surface area contributed by atoms with Gasteiger partial charge in [0, 0.05) is 30.4 Å². The Morgan fingerprint density at radius 2 is 1.65 bits per heavy atom. The van der Waals surface area contributed by atoms with Crippen LogP contribution in [0.2, 0.25) is 0 Å². The van der Waals surface area contributed by atoms with Crippen molar-refractivity contribution in [3.63, 3.8) is 0 Å². The van der Waals surface area contributed by atoms with E-state index in [1.807, 2.05) is 18.2 Å². The van der Waals surface area contributed by atoms with E-state index in [1.165, 1.54) is 12.8 Å². The van der Waals surface area contributed by atoms with Crippen LogP contribution < -0.4 is 14.8 Å². The highest BCUT2D eigenvalue weighted by molar-refractivity contribution is 5.53. The Bertz CT molecular complexity index is 315. The maximum Gasteiger partial charge on any atom is 0.124 e. The van der Waals surface area contributed by atoms with Crippen LogP contribution in [0.4, 0.5) is 5.69 Å². The Morgan fingerprint density at radius 1 is 1.06 bits per heavy atom. The molecule has 3 heteroatoms. The van der Waals surface area contributed by atoms with E-state index in [1.54, 1.807) is 14.2 Å². The fraction of sp³-hybridized carbons (Fsp3) is 0.571. The predicted molar refractivity (Wildman–Crippen MR) is 72.1 cm³/mol. The summed E-state index contributed by atoms with van der Waals surface area (Å²) in [7, 11) is 3.33. The molecule has 0 amide bonds. The Morgan fingerprint density at radius 3 is 2.12 bits per heavy atom. The molecule has 0 heterocycles. The Labute approximate surface area is 104 Å². The fourth-order valence-corrected chi connectivity index (χ4v) is 1.65. The highest BCUT2D eigenvalue weighted by atomic mass is 16.5. The Kier molecular flexibility index (Phi) is 5.67. The number of anilines is 1. The van der Waals surface area contributed by atoms with Crippen molar-refractivity contribution in [3.8, 4) is 11.5 Å². The summed E-state index contributed by atoms with van der Waals surface area (Å²) in [5, 5.41) is 3.39. The second-order valence-corrected chi connectivity index (χ2v) is 4.56. The molecule has 0 fully saturated rings. The molecule has 1 rings (SSSR count). The van der Waals surface area contributed by atoms with Crippen molar-refractivity contribution in [2.45, 2.75) is 26.7 Å². The maximum absolute atomic E-state index is 5.22. The van der Waals surface area contributed by atoms with Gasteiger partial charge in [0.25, 0.3) is 0 Å². The van der Waals surface area contributed by atoms with Crippen molar-refractivity contribution in [2.24, 2.45) is 5.92 Å². The van der Waals surface area contributed by atoms with Gasteiger partial charge in [-0.1, -0.05) is 13.8 Å². The molecule has 1 aromatic rings. The number of nitrogens with one attached hydrogen (secondary N) is 1. The summed E-state index contributed by atoms with van der Waals surface area (Å²) < 4.78 is 10.4. The Hall–Kier alpha value is -1.38. The van der Waals surface area contributed by atoms with Gasteiger partial charge in [0.05, 0.1) is 14.2 Å². The number of rotatable bonds is 7. The zero-order chi connectivity index (χ0) is 12.7. The minimum absolute atomic E-state index is 0.761. The van der Waals surface area contributed by atoms with E-state index in [0.29, 0.717) is 0 Å². The SMILES string of the molecule is COc1cc(NCCCC(C)C)cc(OC)c1. The van der Waals surface area contributed by atoms with Crippen molar-refractivity contribution in [1.29, 1.82) is 0 Å². The van der Waals surface area contributed by atoms with Gasteiger partial charge in [0.2, 0.25) is 0 Å². The molecule has 0 spiro atoms. The van der Waals surface area contributed by atoms with Gasteiger partial charge in [-0.25, -0.2) is 0 Å². The second kappa shape index (κ2) is 7.05. The molecule has 17 heavy (non-hydrogen) atoms. The van der Waals surface area contributed by atoms with Crippen molar-refractivity contribution in [1.82, 2.24) is 0 Å². The van der Waals surface area contributed by atoms with Gasteiger partial charge >= 0.3 is 0 Å². The largest absolute Gasteiger partial charge is 0.497 e. The van der Waals surface area contributed by atoms with Gasteiger partial charge in [-0.3, -0.25) is 0 Å². The van der Waals surface area contributed by atoms with Gasteiger partial charge in [-0.15, -0.1) is 0 Å². The zero-order valence-electron chi connectivity index (χ0n) is 11.2. The monoisotopic (exact) mass is 237 g/mol. The molecule has 0 aliphatic rings. The molecule has 3 nitrogen and oxygen atoms in total. The van der Waals surface area contributed by atoms with Crippen LogP contribution in [0.3, 0.4) is 0 Å². The normalized spacial score (nSPS) is 10.4. The molecule has 1 aromatic carbocycles. The first kappa shape index (κ1) is 13.7. The average molecular weight is 237 g/mol. The third-order valence-corrected chi connectivity index (χ3v) is 2.64. The number of methoxy groups -OCH3 is 2. The van der Waals surface area contributed by atoms with Crippen LogP contribution in [0, 0.1) is 5.92 Å². The fourth-order valence-electron chi connectivity index (χ4n) is 1.65. The lowest BCUT2D eigenvalue weighted by molar-refractivity contribution is 0.394. The quantitative estimate of drug-likeness (QED) is 0.736. The molecule has 0 atom stereocenters. The average Bonchev–Trinajstić information content (AvgIpc) is 2.34. The highest BCUT2D eigenvalue weighted by Gasteiger charge is 2.01. The molecule has 0 bridgehead atoms. The van der Waals surface area contributed by atoms with E-state index in [0.717, 1.165) is 29.6 Å². The summed E-state index contributed by atoms with van der Waals surface area (Å²) in [6.45, 7) is 5.47. The first-order chi connectivity index (χ1) is 8.15. The first-order valence-corrected chi connectivity index (χ1v) is 6.12. The molecule has 0 radical (unpaired) electrons. The van der Waals surface area contributed by atoms with Gasteiger partial charge in [0.15, 0.2) is 0 Å². The van der Waals surface area contributed by atoms with Crippen LogP contribution in [0.5, 0.6) is 11.5 Å². The van der Waals surface area contributed by atoms with E-state index in [-0.39, 0.29) is 0 Å². The zero-order valence-corrected chi connectivity index (χ0v) is 11.2. The molecule has 0 aliphatic carbocycles. The standard InChI is InChI=1S/C14H23NO2/c1-11(2)6-5-7-15-12-8-13(16-3)10-14(9-12)17-4/h8-11,15H,5-7H2,1-4H3. The van der Waals surface area contributed by atoms with Crippen molar-refractivity contribution >= 4 is 5.69 Å². The Balaban J connectivity index is 2.51. The van der Waals surface area contributed by atoms with Crippen LogP contribution in [-0.4, -0.2) is 20.8 Å². The minimum Gasteiger partial charge on any atom is -0.497 e. The molecular formula is C14H23NO2. The lowest BCUT2D eigenvalue weighted by atomic mass is 10.1. The van der Waals surface area contributed by atoms with Crippen LogP contribution >= 0.6 is 0 Å². The van der Waals surface area contributed by atoms with E-state index in [9.17, 15) is 0 Å². The predicted octanol–water partition coefficient (Wildman–Crippen LogP) is 3.55. The van der Waals surface area contributed by atoms with Crippen molar-refractivity contribution in [3.05, 3.63) is 18.2 Å². The van der Waals surface area contributed by atoms with E-state index in [4.69, 9.17) is 9.47 Å². The van der Waals surface area contributed by atoms with Crippen molar-refractivity contribution < 1.29 is 9.47 Å². The van der Waals surface area contributed by atoms with E-state index in [2.05, 4.69) is 19.2 Å². The highest BCUT2D eigenvalue weighted by Crippen LogP contribution is 2.25. The van der Waals surface area contributed by atoms with E-state index >= 15 is 0 Å². The summed E-state index contributed by atoms with van der Waals surface area (Å²) in [6, 6.07) is 5.84. The molecule has 0 unspecified atom stereocenters. The van der Waals surface area contributed by atoms with Crippen molar-refractivity contribution in [2.75, 3.05) is 26.1 Å². The van der Waals surface area contributed by atoms with Gasteiger partial charge < -0.3 is 14.8 Å². The maximum atomic E-state index is 5.22. The first-order valence-electron chi connectivity index (χ1n) is 6.12. The summed E-state index contributed by atoms with van der Waals surface area (Å²) in [5.41, 5.74) is 1.05. The smallest absolute Gasteiger partial charge is 0.124 e. The number of hydrogen-bond acceptors (Lipinski definition) is 3.